The number of hydrogen-bond acceptors (Lipinski definition) is 3. The molecule has 0 bridgehead atoms. The largest absolute Gasteiger partial charge is 0.436 e. The average Bonchev–Trinajstić information content (AvgIpc) is 2.42. The molecule has 3 nitrogen and oxygen atoms in total. The van der Waals surface area contributed by atoms with Gasteiger partial charge in [0.05, 0.1) is 4.47 Å². The molecule has 2 heterocycles. The Hall–Kier alpha value is -1.94. The van der Waals surface area contributed by atoms with Gasteiger partial charge in [-0.25, -0.2) is 4.98 Å². The summed E-state index contributed by atoms with van der Waals surface area (Å²) >= 11 is 3.46. The van der Waals surface area contributed by atoms with Gasteiger partial charge >= 0.3 is 0 Å². The van der Waals surface area contributed by atoms with Crippen molar-refractivity contribution in [3.05, 3.63) is 58.8 Å². The molecule has 1 aromatic carbocycles. The van der Waals surface area contributed by atoms with E-state index in [9.17, 15) is 0 Å². The number of halogens is 1. The van der Waals surface area contributed by atoms with E-state index in [2.05, 4.69) is 25.9 Å². The van der Waals surface area contributed by atoms with Crippen molar-refractivity contribution in [3.63, 3.8) is 0 Å². The van der Waals surface area contributed by atoms with Gasteiger partial charge in [-0.2, -0.15) is 0 Å². The van der Waals surface area contributed by atoms with Crippen LogP contribution in [0.15, 0.2) is 53.3 Å². The number of fused-ring (bicyclic) bond motifs is 1. The maximum atomic E-state index is 5.86. The second kappa shape index (κ2) is 4.97. The van der Waals surface area contributed by atoms with Crippen LogP contribution in [0.4, 0.5) is 0 Å². The molecule has 3 aromatic rings. The van der Waals surface area contributed by atoms with Crippen molar-refractivity contribution in [3.8, 4) is 11.6 Å². The van der Waals surface area contributed by atoms with Gasteiger partial charge in [-0.15, -0.1) is 0 Å². The lowest BCUT2D eigenvalue weighted by atomic mass is 10.2. The number of aryl methyl sites for hydroxylation is 1. The van der Waals surface area contributed by atoms with E-state index in [1.807, 2.05) is 43.3 Å². The summed E-state index contributed by atoms with van der Waals surface area (Å²) < 4.78 is 6.69. The zero-order valence-electron chi connectivity index (χ0n) is 10.3. The van der Waals surface area contributed by atoms with Crippen molar-refractivity contribution >= 4 is 26.8 Å². The first-order chi connectivity index (χ1) is 9.24. The van der Waals surface area contributed by atoms with Crippen molar-refractivity contribution < 1.29 is 4.74 Å². The number of para-hydroxylation sites is 1. The molecule has 3 rings (SSSR count). The van der Waals surface area contributed by atoms with E-state index in [-0.39, 0.29) is 0 Å². The summed E-state index contributed by atoms with van der Waals surface area (Å²) in [6.07, 6.45) is 3.53. The molecule has 0 saturated heterocycles. The minimum atomic E-state index is 0.545. The highest BCUT2D eigenvalue weighted by Gasteiger charge is 2.08. The zero-order valence-corrected chi connectivity index (χ0v) is 11.9. The Morgan fingerprint density at radius 2 is 1.95 bits per heavy atom. The molecule has 0 aliphatic carbocycles. The van der Waals surface area contributed by atoms with Crippen LogP contribution in [0, 0.1) is 6.92 Å². The first-order valence-electron chi connectivity index (χ1n) is 5.88. The van der Waals surface area contributed by atoms with Gasteiger partial charge in [0.2, 0.25) is 5.88 Å². The summed E-state index contributed by atoms with van der Waals surface area (Å²) in [5.41, 5.74) is 1.91. The average molecular weight is 315 g/mol. The van der Waals surface area contributed by atoms with E-state index in [0.717, 1.165) is 20.9 Å². The maximum Gasteiger partial charge on any atom is 0.233 e. The Bertz CT molecular complexity index is 738. The standard InChI is InChI=1S/C15H11BrN2O/c1-10-8-12(16)15(18-9-10)19-13-6-2-4-11-5-3-7-17-14(11)13/h2-9H,1H3. The number of hydrogen-bond donors (Lipinski definition) is 0. The lowest BCUT2D eigenvalue weighted by Gasteiger charge is -2.09. The van der Waals surface area contributed by atoms with E-state index in [1.165, 1.54) is 0 Å². The van der Waals surface area contributed by atoms with E-state index >= 15 is 0 Å². The van der Waals surface area contributed by atoms with Crippen LogP contribution in [0.1, 0.15) is 5.56 Å². The van der Waals surface area contributed by atoms with Crippen LogP contribution in [-0.4, -0.2) is 9.97 Å². The van der Waals surface area contributed by atoms with Crippen LogP contribution in [0.5, 0.6) is 11.6 Å². The fourth-order valence-corrected chi connectivity index (χ4v) is 2.40. The monoisotopic (exact) mass is 314 g/mol. The van der Waals surface area contributed by atoms with Crippen molar-refractivity contribution in [1.29, 1.82) is 0 Å². The zero-order chi connectivity index (χ0) is 13.2. The predicted molar refractivity (Wildman–Crippen MR) is 78.5 cm³/mol. The van der Waals surface area contributed by atoms with Crippen LogP contribution in [0.3, 0.4) is 0 Å². The van der Waals surface area contributed by atoms with E-state index in [1.54, 1.807) is 12.4 Å². The lowest BCUT2D eigenvalue weighted by molar-refractivity contribution is 0.463. The maximum absolute atomic E-state index is 5.86. The molecule has 2 aromatic heterocycles. The quantitative estimate of drug-likeness (QED) is 0.699. The van der Waals surface area contributed by atoms with Crippen molar-refractivity contribution in [2.45, 2.75) is 6.92 Å². The van der Waals surface area contributed by atoms with Crippen LogP contribution < -0.4 is 4.74 Å². The SMILES string of the molecule is Cc1cnc(Oc2cccc3cccnc23)c(Br)c1. The molecule has 4 heteroatoms. The first kappa shape index (κ1) is 12.1. The highest BCUT2D eigenvalue weighted by Crippen LogP contribution is 2.31. The number of pyridine rings is 2. The van der Waals surface area contributed by atoms with Gasteiger partial charge in [0, 0.05) is 17.8 Å². The second-order valence-corrected chi connectivity index (χ2v) is 5.09. The molecule has 0 aliphatic rings. The molecule has 0 fully saturated rings. The summed E-state index contributed by atoms with van der Waals surface area (Å²) in [5, 5.41) is 1.04. The number of aromatic nitrogens is 2. The van der Waals surface area contributed by atoms with E-state index in [0.29, 0.717) is 11.6 Å². The van der Waals surface area contributed by atoms with Gasteiger partial charge in [0.1, 0.15) is 5.52 Å². The molecule has 0 atom stereocenters. The number of rotatable bonds is 2. The molecule has 94 valence electrons. The normalized spacial score (nSPS) is 10.6. The second-order valence-electron chi connectivity index (χ2n) is 4.23. The minimum Gasteiger partial charge on any atom is -0.436 e. The van der Waals surface area contributed by atoms with Crippen LogP contribution in [0.25, 0.3) is 10.9 Å². The third-order valence-electron chi connectivity index (χ3n) is 2.75. The highest BCUT2D eigenvalue weighted by molar-refractivity contribution is 9.10. The van der Waals surface area contributed by atoms with Gasteiger partial charge in [0.25, 0.3) is 0 Å². The van der Waals surface area contributed by atoms with Crippen molar-refractivity contribution in [2.75, 3.05) is 0 Å². The summed E-state index contributed by atoms with van der Waals surface area (Å²) in [6, 6.07) is 11.7. The topological polar surface area (TPSA) is 35.0 Å². The van der Waals surface area contributed by atoms with E-state index in [4.69, 9.17) is 4.74 Å². The number of nitrogens with zero attached hydrogens (tertiary/aromatic N) is 2. The third-order valence-corrected chi connectivity index (χ3v) is 3.31. The Balaban J connectivity index is 2.06. The predicted octanol–water partition coefficient (Wildman–Crippen LogP) is 4.49. The summed E-state index contributed by atoms with van der Waals surface area (Å²) in [6.45, 7) is 1.99. The molecule has 0 saturated carbocycles. The number of ether oxygens (including phenoxy) is 1. The van der Waals surface area contributed by atoms with Gasteiger partial charge in [-0.3, -0.25) is 4.98 Å². The molecule has 0 amide bonds. The molecule has 0 radical (unpaired) electrons. The first-order valence-corrected chi connectivity index (χ1v) is 6.67. The van der Waals surface area contributed by atoms with Crippen LogP contribution in [0.2, 0.25) is 0 Å². The highest BCUT2D eigenvalue weighted by atomic mass is 79.9. The Morgan fingerprint density at radius 3 is 2.79 bits per heavy atom. The van der Waals surface area contributed by atoms with Crippen molar-refractivity contribution in [2.24, 2.45) is 0 Å². The lowest BCUT2D eigenvalue weighted by Crippen LogP contribution is -1.92. The van der Waals surface area contributed by atoms with Gasteiger partial charge in [-0.1, -0.05) is 18.2 Å². The number of benzene rings is 1. The van der Waals surface area contributed by atoms with E-state index < -0.39 is 0 Å². The molecule has 0 aliphatic heterocycles. The molecule has 0 spiro atoms. The minimum absolute atomic E-state index is 0.545. The van der Waals surface area contributed by atoms with Crippen molar-refractivity contribution in [1.82, 2.24) is 9.97 Å². The molecular weight excluding hydrogens is 304 g/mol. The Labute approximate surface area is 119 Å². The fourth-order valence-electron chi connectivity index (χ4n) is 1.86. The van der Waals surface area contributed by atoms with Crippen LogP contribution in [-0.2, 0) is 0 Å². The molecule has 0 unspecified atom stereocenters. The summed E-state index contributed by atoms with van der Waals surface area (Å²) in [5.74, 6) is 1.25. The fraction of sp³-hybridized carbons (Fsp3) is 0.0667. The molecule has 19 heavy (non-hydrogen) atoms. The summed E-state index contributed by atoms with van der Waals surface area (Å²) in [7, 11) is 0. The van der Waals surface area contributed by atoms with Gasteiger partial charge in [0.15, 0.2) is 5.75 Å². The summed E-state index contributed by atoms with van der Waals surface area (Å²) in [4.78, 5) is 8.64. The third kappa shape index (κ3) is 2.44. The molecular formula is C15H11BrN2O. The van der Waals surface area contributed by atoms with Gasteiger partial charge in [-0.05, 0) is 46.6 Å². The molecule has 0 N–H and O–H groups in total. The Kier molecular flexibility index (Phi) is 3.17. The van der Waals surface area contributed by atoms with Gasteiger partial charge < -0.3 is 4.74 Å². The smallest absolute Gasteiger partial charge is 0.233 e. The Morgan fingerprint density at radius 1 is 1.11 bits per heavy atom. The van der Waals surface area contributed by atoms with Crippen LogP contribution >= 0.6 is 15.9 Å².